The van der Waals surface area contributed by atoms with E-state index in [1.807, 2.05) is 0 Å². The molecule has 2 nitrogen and oxygen atoms in total. The molecule has 1 N–H and O–H groups in total. The second kappa shape index (κ2) is 6.07. The number of furan rings is 1. The lowest BCUT2D eigenvalue weighted by atomic mass is 10.0. The Morgan fingerprint density at radius 1 is 1.16 bits per heavy atom. The molecule has 0 amide bonds. The zero-order valence-corrected chi connectivity index (χ0v) is 12.3. The van der Waals surface area contributed by atoms with Gasteiger partial charge in [-0.25, -0.2) is 0 Å². The standard InChI is InChI=1S/C17H23NO/c1-5-18-14(4)11-15-8-9-17(19-15)16-10-12(2)6-7-13(16)3/h6-10,14,18H,5,11H2,1-4H3. The smallest absolute Gasteiger partial charge is 0.134 e. The van der Waals surface area contributed by atoms with Gasteiger partial charge in [-0.05, 0) is 51.1 Å². The van der Waals surface area contributed by atoms with Crippen LogP contribution in [0.3, 0.4) is 0 Å². The van der Waals surface area contributed by atoms with Crippen molar-refractivity contribution in [3.63, 3.8) is 0 Å². The normalized spacial score (nSPS) is 12.6. The number of likely N-dealkylation sites (N-methyl/N-ethyl adjacent to an activating group) is 1. The van der Waals surface area contributed by atoms with Crippen LogP contribution in [0.5, 0.6) is 0 Å². The first-order valence-electron chi connectivity index (χ1n) is 7.00. The Bertz CT molecular complexity index is 542. The van der Waals surface area contributed by atoms with Crippen molar-refractivity contribution in [3.8, 4) is 11.3 Å². The average molecular weight is 257 g/mol. The van der Waals surface area contributed by atoms with Crippen LogP contribution in [-0.4, -0.2) is 12.6 Å². The Morgan fingerprint density at radius 2 is 1.95 bits per heavy atom. The average Bonchev–Trinajstić information content (AvgIpc) is 2.81. The molecular weight excluding hydrogens is 234 g/mol. The van der Waals surface area contributed by atoms with Crippen LogP contribution in [0.4, 0.5) is 0 Å². The van der Waals surface area contributed by atoms with E-state index in [1.165, 1.54) is 16.7 Å². The third-order valence-electron chi connectivity index (χ3n) is 3.38. The van der Waals surface area contributed by atoms with Crippen LogP contribution >= 0.6 is 0 Å². The van der Waals surface area contributed by atoms with Gasteiger partial charge in [-0.3, -0.25) is 0 Å². The fourth-order valence-electron chi connectivity index (χ4n) is 2.36. The second-order valence-electron chi connectivity index (χ2n) is 5.25. The minimum Gasteiger partial charge on any atom is -0.461 e. The van der Waals surface area contributed by atoms with Crippen LogP contribution < -0.4 is 5.32 Å². The number of benzene rings is 1. The molecule has 1 aromatic heterocycles. The number of hydrogen-bond acceptors (Lipinski definition) is 2. The van der Waals surface area contributed by atoms with Crippen LogP contribution in [0.25, 0.3) is 11.3 Å². The summed E-state index contributed by atoms with van der Waals surface area (Å²) in [4.78, 5) is 0. The lowest BCUT2D eigenvalue weighted by Crippen LogP contribution is -2.27. The van der Waals surface area contributed by atoms with Gasteiger partial charge in [-0.15, -0.1) is 0 Å². The minimum absolute atomic E-state index is 0.447. The molecule has 1 unspecified atom stereocenters. The Hall–Kier alpha value is -1.54. The molecule has 1 aromatic carbocycles. The van der Waals surface area contributed by atoms with E-state index in [0.29, 0.717) is 6.04 Å². The predicted molar refractivity (Wildman–Crippen MR) is 80.5 cm³/mol. The summed E-state index contributed by atoms with van der Waals surface area (Å²) in [5.74, 6) is 2.02. The molecule has 0 fully saturated rings. The number of hydrogen-bond donors (Lipinski definition) is 1. The van der Waals surface area contributed by atoms with E-state index in [-0.39, 0.29) is 0 Å². The van der Waals surface area contributed by atoms with E-state index in [4.69, 9.17) is 4.42 Å². The molecule has 0 aliphatic rings. The number of rotatable bonds is 5. The molecule has 19 heavy (non-hydrogen) atoms. The third kappa shape index (κ3) is 3.48. The third-order valence-corrected chi connectivity index (χ3v) is 3.38. The maximum Gasteiger partial charge on any atom is 0.134 e. The van der Waals surface area contributed by atoms with Gasteiger partial charge in [0.25, 0.3) is 0 Å². The van der Waals surface area contributed by atoms with E-state index < -0.39 is 0 Å². The van der Waals surface area contributed by atoms with Gasteiger partial charge >= 0.3 is 0 Å². The number of nitrogens with one attached hydrogen (secondary N) is 1. The molecule has 2 aromatic rings. The molecule has 0 aliphatic heterocycles. The van der Waals surface area contributed by atoms with Crippen molar-refractivity contribution in [3.05, 3.63) is 47.2 Å². The first kappa shape index (κ1) is 13.9. The Labute approximate surface area is 115 Å². The minimum atomic E-state index is 0.447. The van der Waals surface area contributed by atoms with Crippen LogP contribution in [0.2, 0.25) is 0 Å². The molecule has 0 saturated carbocycles. The summed E-state index contributed by atoms with van der Waals surface area (Å²) in [5.41, 5.74) is 3.72. The van der Waals surface area contributed by atoms with Crippen molar-refractivity contribution in [1.82, 2.24) is 5.32 Å². The Morgan fingerprint density at radius 3 is 2.68 bits per heavy atom. The van der Waals surface area contributed by atoms with Crippen LogP contribution in [0.1, 0.15) is 30.7 Å². The van der Waals surface area contributed by atoms with Crippen molar-refractivity contribution in [2.24, 2.45) is 0 Å². The Balaban J connectivity index is 2.18. The molecule has 1 atom stereocenters. The van der Waals surface area contributed by atoms with E-state index in [0.717, 1.165) is 24.5 Å². The zero-order chi connectivity index (χ0) is 13.8. The maximum atomic E-state index is 5.98. The lowest BCUT2D eigenvalue weighted by Gasteiger charge is -2.10. The van der Waals surface area contributed by atoms with Gasteiger partial charge in [0.2, 0.25) is 0 Å². The fraction of sp³-hybridized carbons (Fsp3) is 0.412. The molecule has 0 aliphatic carbocycles. The van der Waals surface area contributed by atoms with Crippen LogP contribution in [0.15, 0.2) is 34.7 Å². The largest absolute Gasteiger partial charge is 0.461 e. The highest BCUT2D eigenvalue weighted by atomic mass is 16.3. The van der Waals surface area contributed by atoms with Gasteiger partial charge in [0.1, 0.15) is 11.5 Å². The summed E-state index contributed by atoms with van der Waals surface area (Å²) in [5, 5.41) is 3.40. The van der Waals surface area contributed by atoms with Gasteiger partial charge in [-0.1, -0.05) is 24.6 Å². The summed E-state index contributed by atoms with van der Waals surface area (Å²) in [6, 6.07) is 11.1. The van der Waals surface area contributed by atoms with Crippen molar-refractivity contribution < 1.29 is 4.42 Å². The topological polar surface area (TPSA) is 25.2 Å². The number of aryl methyl sites for hydroxylation is 2. The summed E-state index contributed by atoms with van der Waals surface area (Å²) >= 11 is 0. The monoisotopic (exact) mass is 257 g/mol. The van der Waals surface area contributed by atoms with Crippen LogP contribution in [-0.2, 0) is 6.42 Å². The van der Waals surface area contributed by atoms with Crippen molar-refractivity contribution in [1.29, 1.82) is 0 Å². The molecule has 0 saturated heterocycles. The van der Waals surface area contributed by atoms with Gasteiger partial charge in [-0.2, -0.15) is 0 Å². The molecule has 0 radical (unpaired) electrons. The molecular formula is C17H23NO. The van der Waals surface area contributed by atoms with E-state index in [9.17, 15) is 0 Å². The summed E-state index contributed by atoms with van der Waals surface area (Å²) in [6.07, 6.45) is 0.929. The molecule has 2 rings (SSSR count). The highest BCUT2D eigenvalue weighted by molar-refractivity contribution is 5.63. The molecule has 2 heteroatoms. The maximum absolute atomic E-state index is 5.98. The lowest BCUT2D eigenvalue weighted by molar-refractivity contribution is 0.470. The zero-order valence-electron chi connectivity index (χ0n) is 12.3. The van der Waals surface area contributed by atoms with Gasteiger partial charge in [0.15, 0.2) is 0 Å². The van der Waals surface area contributed by atoms with E-state index >= 15 is 0 Å². The second-order valence-corrected chi connectivity index (χ2v) is 5.25. The summed E-state index contributed by atoms with van der Waals surface area (Å²) in [7, 11) is 0. The van der Waals surface area contributed by atoms with Crippen molar-refractivity contribution >= 4 is 0 Å². The molecule has 102 valence electrons. The first-order chi connectivity index (χ1) is 9.10. The van der Waals surface area contributed by atoms with Crippen LogP contribution in [0, 0.1) is 13.8 Å². The van der Waals surface area contributed by atoms with Crippen molar-refractivity contribution in [2.45, 2.75) is 40.2 Å². The first-order valence-corrected chi connectivity index (χ1v) is 7.00. The van der Waals surface area contributed by atoms with Gasteiger partial charge < -0.3 is 9.73 Å². The summed E-state index contributed by atoms with van der Waals surface area (Å²) in [6.45, 7) is 9.54. The fourth-order valence-corrected chi connectivity index (χ4v) is 2.36. The Kier molecular flexibility index (Phi) is 4.43. The highest BCUT2D eigenvalue weighted by Crippen LogP contribution is 2.26. The quantitative estimate of drug-likeness (QED) is 0.872. The van der Waals surface area contributed by atoms with E-state index in [1.54, 1.807) is 0 Å². The van der Waals surface area contributed by atoms with Crippen molar-refractivity contribution in [2.75, 3.05) is 6.54 Å². The van der Waals surface area contributed by atoms with E-state index in [2.05, 4.69) is 63.3 Å². The molecule has 0 bridgehead atoms. The molecule has 0 spiro atoms. The SMILES string of the molecule is CCNC(C)Cc1ccc(-c2cc(C)ccc2C)o1. The molecule has 1 heterocycles. The van der Waals surface area contributed by atoms with Gasteiger partial charge in [0.05, 0.1) is 0 Å². The highest BCUT2D eigenvalue weighted by Gasteiger charge is 2.10. The van der Waals surface area contributed by atoms with Gasteiger partial charge in [0, 0.05) is 18.0 Å². The summed E-state index contributed by atoms with van der Waals surface area (Å²) < 4.78 is 5.98. The predicted octanol–water partition coefficient (Wildman–Crippen LogP) is 4.10.